The number of aryl methyl sites for hydroxylation is 1. The molecule has 0 radical (unpaired) electrons. The molecule has 0 saturated heterocycles. The lowest BCUT2D eigenvalue weighted by Crippen LogP contribution is -2.25. The zero-order valence-corrected chi connectivity index (χ0v) is 14.8. The quantitative estimate of drug-likeness (QED) is 0.562. The molecular formula is C18H19N5O3. The number of hydrogen-bond donors (Lipinski definition) is 1. The van der Waals surface area contributed by atoms with Gasteiger partial charge in [-0.15, -0.1) is 0 Å². The molecule has 0 atom stereocenters. The van der Waals surface area contributed by atoms with E-state index >= 15 is 0 Å². The average Bonchev–Trinajstić information content (AvgIpc) is 3.03. The molecule has 3 aromatic rings. The minimum Gasteiger partial charge on any atom is -0.377 e. The van der Waals surface area contributed by atoms with Crippen molar-refractivity contribution in [2.75, 3.05) is 19.0 Å². The van der Waals surface area contributed by atoms with E-state index < -0.39 is 4.92 Å². The zero-order valence-electron chi connectivity index (χ0n) is 14.8. The van der Waals surface area contributed by atoms with Gasteiger partial charge in [-0.05, 0) is 24.6 Å². The van der Waals surface area contributed by atoms with Crippen molar-refractivity contribution >= 4 is 22.9 Å². The summed E-state index contributed by atoms with van der Waals surface area (Å²) in [4.78, 5) is 29.4. The number of amides is 1. The SMILES string of the molecule is Cc1cccn2cc(CNC(=O)c3cc([N+](=O)[O-])ccc3N(C)C)nc12. The van der Waals surface area contributed by atoms with E-state index in [0.717, 1.165) is 11.2 Å². The summed E-state index contributed by atoms with van der Waals surface area (Å²) in [5, 5.41) is 13.8. The Morgan fingerprint density at radius 3 is 2.77 bits per heavy atom. The molecule has 1 amide bonds. The van der Waals surface area contributed by atoms with E-state index in [-0.39, 0.29) is 23.7 Å². The molecule has 26 heavy (non-hydrogen) atoms. The molecule has 0 unspecified atom stereocenters. The molecule has 8 heteroatoms. The molecule has 0 aliphatic rings. The number of nitro benzene ring substituents is 1. The maximum atomic E-state index is 12.6. The van der Waals surface area contributed by atoms with Gasteiger partial charge in [-0.3, -0.25) is 14.9 Å². The lowest BCUT2D eigenvalue weighted by Gasteiger charge is -2.16. The van der Waals surface area contributed by atoms with Gasteiger partial charge < -0.3 is 14.6 Å². The molecule has 2 heterocycles. The molecule has 0 aliphatic carbocycles. The van der Waals surface area contributed by atoms with Crippen molar-refractivity contribution in [3.8, 4) is 0 Å². The van der Waals surface area contributed by atoms with Crippen LogP contribution in [0.15, 0.2) is 42.7 Å². The molecular weight excluding hydrogens is 334 g/mol. The van der Waals surface area contributed by atoms with Gasteiger partial charge in [0.25, 0.3) is 11.6 Å². The monoisotopic (exact) mass is 353 g/mol. The number of rotatable bonds is 5. The van der Waals surface area contributed by atoms with Crippen LogP contribution in [-0.4, -0.2) is 34.3 Å². The summed E-state index contributed by atoms with van der Waals surface area (Å²) in [5.41, 5.74) is 3.33. The molecule has 0 bridgehead atoms. The summed E-state index contributed by atoms with van der Waals surface area (Å²) in [7, 11) is 3.56. The van der Waals surface area contributed by atoms with E-state index in [4.69, 9.17) is 0 Å². The number of non-ortho nitro benzene ring substituents is 1. The number of nitro groups is 1. The Balaban J connectivity index is 1.83. The molecule has 3 rings (SSSR count). The summed E-state index contributed by atoms with van der Waals surface area (Å²) in [5.74, 6) is -0.383. The van der Waals surface area contributed by atoms with Crippen molar-refractivity contribution < 1.29 is 9.72 Å². The van der Waals surface area contributed by atoms with Gasteiger partial charge in [-0.1, -0.05) is 6.07 Å². The molecule has 1 aromatic carbocycles. The van der Waals surface area contributed by atoms with Gasteiger partial charge in [-0.2, -0.15) is 0 Å². The van der Waals surface area contributed by atoms with Gasteiger partial charge in [0.1, 0.15) is 5.65 Å². The van der Waals surface area contributed by atoms with Crippen molar-refractivity contribution in [1.29, 1.82) is 0 Å². The topological polar surface area (TPSA) is 92.8 Å². The maximum Gasteiger partial charge on any atom is 0.270 e. The van der Waals surface area contributed by atoms with Crippen LogP contribution in [-0.2, 0) is 6.54 Å². The number of imidazole rings is 1. The standard InChI is InChI=1S/C18H19N5O3/c1-12-5-4-8-22-11-13(20-17(12)22)10-19-18(24)15-9-14(23(25)26)6-7-16(15)21(2)3/h4-9,11H,10H2,1-3H3,(H,19,24). The van der Waals surface area contributed by atoms with Crippen LogP contribution in [0.2, 0.25) is 0 Å². The molecule has 134 valence electrons. The number of nitrogens with one attached hydrogen (secondary N) is 1. The highest BCUT2D eigenvalue weighted by molar-refractivity contribution is 6.00. The Morgan fingerprint density at radius 2 is 2.12 bits per heavy atom. The first-order chi connectivity index (χ1) is 12.4. The average molecular weight is 353 g/mol. The van der Waals surface area contributed by atoms with Crippen LogP contribution in [0.25, 0.3) is 5.65 Å². The Morgan fingerprint density at radius 1 is 1.35 bits per heavy atom. The van der Waals surface area contributed by atoms with Gasteiger partial charge in [0.15, 0.2) is 0 Å². The third-order valence-corrected chi connectivity index (χ3v) is 4.08. The summed E-state index contributed by atoms with van der Waals surface area (Å²) in [6.07, 6.45) is 3.74. The molecule has 8 nitrogen and oxygen atoms in total. The molecule has 0 spiro atoms. The minimum absolute atomic E-state index is 0.121. The zero-order chi connectivity index (χ0) is 18.8. The first-order valence-corrected chi connectivity index (χ1v) is 8.04. The lowest BCUT2D eigenvalue weighted by atomic mass is 10.1. The van der Waals surface area contributed by atoms with Crippen LogP contribution in [0.4, 0.5) is 11.4 Å². The Labute approximate surface area is 150 Å². The van der Waals surface area contributed by atoms with E-state index in [1.807, 2.05) is 35.9 Å². The largest absolute Gasteiger partial charge is 0.377 e. The second-order valence-electron chi connectivity index (χ2n) is 6.19. The number of nitrogens with zero attached hydrogens (tertiary/aromatic N) is 4. The van der Waals surface area contributed by atoms with Gasteiger partial charge >= 0.3 is 0 Å². The van der Waals surface area contributed by atoms with Crippen LogP contribution in [0.5, 0.6) is 0 Å². The van der Waals surface area contributed by atoms with Crippen LogP contribution in [0.1, 0.15) is 21.6 Å². The first-order valence-electron chi connectivity index (χ1n) is 8.04. The highest BCUT2D eigenvalue weighted by atomic mass is 16.6. The fraction of sp³-hybridized carbons (Fsp3) is 0.222. The van der Waals surface area contributed by atoms with Gasteiger partial charge in [0, 0.05) is 44.3 Å². The fourth-order valence-electron chi connectivity index (χ4n) is 2.77. The molecule has 0 fully saturated rings. The highest BCUT2D eigenvalue weighted by Gasteiger charge is 2.18. The second kappa shape index (κ2) is 6.83. The number of hydrogen-bond acceptors (Lipinski definition) is 5. The second-order valence-corrected chi connectivity index (χ2v) is 6.19. The van der Waals surface area contributed by atoms with Crippen molar-refractivity contribution in [1.82, 2.24) is 14.7 Å². The van der Waals surface area contributed by atoms with Crippen LogP contribution < -0.4 is 10.2 Å². The van der Waals surface area contributed by atoms with Crippen molar-refractivity contribution in [3.05, 3.63) is 69.7 Å². The van der Waals surface area contributed by atoms with Crippen molar-refractivity contribution in [2.24, 2.45) is 0 Å². The van der Waals surface area contributed by atoms with Crippen LogP contribution in [0.3, 0.4) is 0 Å². The van der Waals surface area contributed by atoms with Gasteiger partial charge in [0.05, 0.1) is 22.7 Å². The van der Waals surface area contributed by atoms with E-state index in [1.165, 1.54) is 12.1 Å². The minimum atomic E-state index is -0.513. The molecule has 1 N–H and O–H groups in total. The summed E-state index contributed by atoms with van der Waals surface area (Å²) < 4.78 is 1.90. The Hall–Kier alpha value is -3.42. The van der Waals surface area contributed by atoms with Gasteiger partial charge in [-0.25, -0.2) is 4.98 Å². The van der Waals surface area contributed by atoms with Gasteiger partial charge in [0.2, 0.25) is 0 Å². The van der Waals surface area contributed by atoms with Crippen LogP contribution >= 0.6 is 0 Å². The smallest absolute Gasteiger partial charge is 0.270 e. The molecule has 2 aromatic heterocycles. The molecule has 0 saturated carbocycles. The number of carbonyl (C=O) groups excluding carboxylic acids is 1. The van der Waals surface area contributed by atoms with Crippen LogP contribution in [0, 0.1) is 17.0 Å². The third kappa shape index (κ3) is 3.34. The first kappa shape index (κ1) is 17.4. The predicted molar refractivity (Wildman–Crippen MR) is 98.5 cm³/mol. The Bertz CT molecular complexity index is 994. The van der Waals surface area contributed by atoms with Crippen molar-refractivity contribution in [2.45, 2.75) is 13.5 Å². The maximum absolute atomic E-state index is 12.6. The predicted octanol–water partition coefficient (Wildman–Crippen LogP) is 2.55. The number of carbonyl (C=O) groups is 1. The van der Waals surface area contributed by atoms with Crippen molar-refractivity contribution in [3.63, 3.8) is 0 Å². The number of fused-ring (bicyclic) bond motifs is 1. The number of aromatic nitrogens is 2. The fourth-order valence-corrected chi connectivity index (χ4v) is 2.77. The van der Waals surface area contributed by atoms with E-state index in [0.29, 0.717) is 11.4 Å². The number of benzene rings is 1. The summed E-state index contributed by atoms with van der Waals surface area (Å²) in [6.45, 7) is 2.20. The van der Waals surface area contributed by atoms with E-state index in [2.05, 4.69) is 10.3 Å². The van der Waals surface area contributed by atoms with E-state index in [9.17, 15) is 14.9 Å². The van der Waals surface area contributed by atoms with E-state index in [1.54, 1.807) is 25.1 Å². The Kier molecular flexibility index (Phi) is 4.57. The lowest BCUT2D eigenvalue weighted by molar-refractivity contribution is -0.384. The summed E-state index contributed by atoms with van der Waals surface area (Å²) >= 11 is 0. The highest BCUT2D eigenvalue weighted by Crippen LogP contribution is 2.24. The summed E-state index contributed by atoms with van der Waals surface area (Å²) in [6, 6.07) is 8.15. The number of pyridine rings is 1. The number of anilines is 1. The normalized spacial score (nSPS) is 10.7. The third-order valence-electron chi connectivity index (χ3n) is 4.08. The molecule has 0 aliphatic heterocycles.